The molecular formula is C11H25NOSi. The Morgan fingerprint density at radius 3 is 2.14 bits per heavy atom. The zero-order valence-corrected chi connectivity index (χ0v) is 11.2. The largest absolute Gasteiger partial charge is 0.401 e. The third-order valence-corrected chi connectivity index (χ3v) is 8.41. The molecular weight excluding hydrogens is 190 g/mol. The van der Waals surface area contributed by atoms with Crippen molar-refractivity contribution in [2.45, 2.75) is 58.0 Å². The van der Waals surface area contributed by atoms with Crippen LogP contribution < -0.4 is 0 Å². The van der Waals surface area contributed by atoms with E-state index in [4.69, 9.17) is 4.43 Å². The lowest BCUT2D eigenvalue weighted by Crippen LogP contribution is -2.43. The predicted octanol–water partition coefficient (Wildman–Crippen LogP) is 3.06. The summed E-state index contributed by atoms with van der Waals surface area (Å²) in [4.78, 5) is 2.38. The molecule has 0 spiro atoms. The van der Waals surface area contributed by atoms with Gasteiger partial charge in [-0.25, -0.2) is 0 Å². The van der Waals surface area contributed by atoms with Crippen molar-refractivity contribution in [1.82, 2.24) is 4.90 Å². The normalized spacial score (nSPS) is 24.4. The summed E-state index contributed by atoms with van der Waals surface area (Å²) in [6, 6.07) is 3.80. The minimum Gasteiger partial charge on any atom is -0.401 e. The molecule has 1 atom stereocenters. The molecule has 0 aromatic carbocycles. The first-order valence-electron chi connectivity index (χ1n) is 6.05. The van der Waals surface area contributed by atoms with Crippen LogP contribution >= 0.6 is 0 Å². The number of rotatable bonds is 5. The van der Waals surface area contributed by atoms with Crippen LogP contribution in [0, 0.1) is 0 Å². The Bertz CT molecular complexity index is 162. The van der Waals surface area contributed by atoms with E-state index >= 15 is 0 Å². The Labute approximate surface area is 89.8 Å². The fourth-order valence-corrected chi connectivity index (χ4v) is 5.19. The number of likely N-dealkylation sites (tertiary alicyclic amines) is 1. The van der Waals surface area contributed by atoms with Gasteiger partial charge in [0.2, 0.25) is 0 Å². The van der Waals surface area contributed by atoms with E-state index in [0.29, 0.717) is 6.23 Å². The van der Waals surface area contributed by atoms with Crippen molar-refractivity contribution in [1.29, 1.82) is 0 Å². The lowest BCUT2D eigenvalue weighted by Gasteiger charge is -2.34. The molecule has 0 amide bonds. The molecule has 1 aliphatic heterocycles. The van der Waals surface area contributed by atoms with Gasteiger partial charge in [0.1, 0.15) is 0 Å². The Kier molecular flexibility index (Phi) is 4.61. The minimum absolute atomic E-state index is 0.432. The smallest absolute Gasteiger partial charge is 0.194 e. The fraction of sp³-hybridized carbons (Fsp3) is 1.00. The Balaban J connectivity index is 2.54. The summed E-state index contributed by atoms with van der Waals surface area (Å²) in [7, 11) is 0.826. The van der Waals surface area contributed by atoms with Gasteiger partial charge in [-0.05, 0) is 38.0 Å². The maximum atomic E-state index is 6.42. The van der Waals surface area contributed by atoms with Gasteiger partial charge in [-0.1, -0.05) is 20.8 Å². The molecule has 1 rings (SSSR count). The summed E-state index contributed by atoms with van der Waals surface area (Å²) < 4.78 is 6.42. The van der Waals surface area contributed by atoms with Crippen molar-refractivity contribution in [3.05, 3.63) is 0 Å². The van der Waals surface area contributed by atoms with Gasteiger partial charge < -0.3 is 4.43 Å². The van der Waals surface area contributed by atoms with Gasteiger partial charge in [0, 0.05) is 6.54 Å². The van der Waals surface area contributed by atoms with Gasteiger partial charge in [-0.3, -0.25) is 4.90 Å². The summed E-state index contributed by atoms with van der Waals surface area (Å²) in [5, 5.41) is 0. The van der Waals surface area contributed by atoms with Crippen LogP contribution in [-0.4, -0.2) is 33.0 Å². The van der Waals surface area contributed by atoms with Crippen molar-refractivity contribution >= 4 is 8.32 Å². The molecule has 0 saturated carbocycles. The molecule has 14 heavy (non-hydrogen) atoms. The minimum atomic E-state index is -1.37. The first-order chi connectivity index (χ1) is 6.67. The maximum Gasteiger partial charge on any atom is 0.194 e. The highest BCUT2D eigenvalue weighted by Crippen LogP contribution is 2.27. The highest BCUT2D eigenvalue weighted by molar-refractivity contribution is 6.73. The predicted molar refractivity (Wildman–Crippen MR) is 63.9 cm³/mol. The van der Waals surface area contributed by atoms with Crippen LogP contribution in [0.4, 0.5) is 0 Å². The second-order valence-corrected chi connectivity index (χ2v) is 9.16. The van der Waals surface area contributed by atoms with Crippen molar-refractivity contribution < 1.29 is 4.43 Å². The third kappa shape index (κ3) is 2.58. The standard InChI is InChI=1S/C11H25NOSi/c1-5-14(6-2,7-3)13-11-9-8-10-12(11)4/h11H,5-10H2,1-4H3. The van der Waals surface area contributed by atoms with E-state index in [-0.39, 0.29) is 0 Å². The van der Waals surface area contributed by atoms with Crippen LogP contribution in [0.5, 0.6) is 0 Å². The van der Waals surface area contributed by atoms with Crippen molar-refractivity contribution in [2.75, 3.05) is 13.6 Å². The maximum absolute atomic E-state index is 6.42. The summed E-state index contributed by atoms with van der Waals surface area (Å²) in [6.07, 6.45) is 2.98. The zero-order valence-electron chi connectivity index (χ0n) is 10.2. The highest BCUT2D eigenvalue weighted by atomic mass is 28.4. The van der Waals surface area contributed by atoms with E-state index in [1.807, 2.05) is 0 Å². The van der Waals surface area contributed by atoms with Gasteiger partial charge in [0.15, 0.2) is 8.32 Å². The van der Waals surface area contributed by atoms with Crippen LogP contribution in [0.15, 0.2) is 0 Å². The van der Waals surface area contributed by atoms with Gasteiger partial charge in [0.25, 0.3) is 0 Å². The summed E-state index contributed by atoms with van der Waals surface area (Å²) in [5.74, 6) is 0. The van der Waals surface area contributed by atoms with E-state index in [1.54, 1.807) is 0 Å². The van der Waals surface area contributed by atoms with Gasteiger partial charge in [0.05, 0.1) is 6.23 Å². The van der Waals surface area contributed by atoms with Gasteiger partial charge >= 0.3 is 0 Å². The summed E-state index contributed by atoms with van der Waals surface area (Å²) >= 11 is 0. The zero-order chi connectivity index (χ0) is 10.6. The van der Waals surface area contributed by atoms with Crippen LogP contribution in [0.1, 0.15) is 33.6 Å². The van der Waals surface area contributed by atoms with Crippen molar-refractivity contribution in [3.63, 3.8) is 0 Å². The molecule has 3 heteroatoms. The number of nitrogens with zero attached hydrogens (tertiary/aromatic N) is 1. The molecule has 0 aromatic rings. The van der Waals surface area contributed by atoms with E-state index < -0.39 is 8.32 Å². The van der Waals surface area contributed by atoms with Crippen LogP contribution in [0.2, 0.25) is 18.1 Å². The average molecular weight is 215 g/mol. The molecule has 84 valence electrons. The molecule has 0 aliphatic carbocycles. The van der Waals surface area contributed by atoms with Crippen molar-refractivity contribution in [2.24, 2.45) is 0 Å². The second kappa shape index (κ2) is 5.28. The van der Waals surface area contributed by atoms with E-state index in [1.165, 1.54) is 37.5 Å². The molecule has 0 N–H and O–H groups in total. The molecule has 1 unspecified atom stereocenters. The quantitative estimate of drug-likeness (QED) is 0.654. The third-order valence-electron chi connectivity index (χ3n) is 3.77. The SMILES string of the molecule is CC[Si](CC)(CC)OC1CCCN1C. The monoisotopic (exact) mass is 215 g/mol. The fourth-order valence-electron chi connectivity index (χ4n) is 2.32. The molecule has 0 aromatic heterocycles. The van der Waals surface area contributed by atoms with E-state index in [2.05, 4.69) is 32.7 Å². The highest BCUT2D eigenvalue weighted by Gasteiger charge is 2.34. The molecule has 1 saturated heterocycles. The molecule has 0 bridgehead atoms. The van der Waals surface area contributed by atoms with Crippen LogP contribution in [0.3, 0.4) is 0 Å². The number of hydrogen-bond donors (Lipinski definition) is 0. The van der Waals surface area contributed by atoms with Crippen molar-refractivity contribution in [3.8, 4) is 0 Å². The number of hydrogen-bond acceptors (Lipinski definition) is 2. The Hall–Kier alpha value is 0.137. The molecule has 1 fully saturated rings. The molecule has 2 nitrogen and oxygen atoms in total. The average Bonchev–Trinajstić information content (AvgIpc) is 2.61. The molecule has 1 heterocycles. The van der Waals surface area contributed by atoms with Crippen LogP contribution in [0.25, 0.3) is 0 Å². The first-order valence-corrected chi connectivity index (χ1v) is 8.58. The Morgan fingerprint density at radius 1 is 1.21 bits per heavy atom. The second-order valence-electron chi connectivity index (χ2n) is 4.44. The summed E-state index contributed by atoms with van der Waals surface area (Å²) in [5.41, 5.74) is 0. The van der Waals surface area contributed by atoms with E-state index in [9.17, 15) is 0 Å². The lowest BCUT2D eigenvalue weighted by molar-refractivity contribution is 0.0701. The molecule has 0 radical (unpaired) electrons. The lowest BCUT2D eigenvalue weighted by atomic mass is 10.4. The summed E-state index contributed by atoms with van der Waals surface area (Å²) in [6.45, 7) is 8.11. The van der Waals surface area contributed by atoms with Gasteiger partial charge in [-0.15, -0.1) is 0 Å². The van der Waals surface area contributed by atoms with Gasteiger partial charge in [-0.2, -0.15) is 0 Å². The topological polar surface area (TPSA) is 12.5 Å². The van der Waals surface area contributed by atoms with Crippen LogP contribution in [-0.2, 0) is 4.43 Å². The molecule has 1 aliphatic rings. The van der Waals surface area contributed by atoms with E-state index in [0.717, 1.165) is 0 Å². The first kappa shape index (κ1) is 12.2. The Morgan fingerprint density at radius 2 is 1.79 bits per heavy atom.